The molecule has 1 aromatic rings. The largest absolute Gasteiger partial charge is 0.476 e. The van der Waals surface area contributed by atoms with Crippen LogP contribution in [0.15, 0.2) is 12.1 Å². The van der Waals surface area contributed by atoms with E-state index in [0.29, 0.717) is 31.1 Å². The zero-order chi connectivity index (χ0) is 23.5. The predicted molar refractivity (Wildman–Crippen MR) is 112 cm³/mol. The highest BCUT2D eigenvalue weighted by atomic mass is 19.1. The number of alkyl halides is 1. The van der Waals surface area contributed by atoms with E-state index in [1.807, 2.05) is 13.8 Å². The standard InChI is InChI=1S/C22H32FN3O4/c1-4-22(5-2,21(28)29-6-3)25-19(27)17-9-10-18(26-12-16(11-23)13-26)20(24-17)30-14-15-7-8-15/h9-10,15-16H,4-8,11-14H2,1-3H3,(H,25,27)/i11D2. The lowest BCUT2D eigenvalue weighted by atomic mass is 9.92. The molecule has 1 aliphatic heterocycles. The molecule has 166 valence electrons. The third-order valence-corrected chi connectivity index (χ3v) is 5.83. The molecule has 1 saturated heterocycles. The van der Waals surface area contributed by atoms with Crippen molar-refractivity contribution in [1.29, 1.82) is 0 Å². The minimum atomic E-state index is -2.74. The Labute approximate surface area is 180 Å². The molecular formula is C22H32FN3O4. The molecule has 0 unspecified atom stereocenters. The number of hydrogen-bond acceptors (Lipinski definition) is 6. The number of ether oxygens (including phenoxy) is 2. The van der Waals surface area contributed by atoms with Gasteiger partial charge < -0.3 is 19.7 Å². The molecule has 1 aliphatic carbocycles. The van der Waals surface area contributed by atoms with Gasteiger partial charge in [-0.05, 0) is 50.7 Å². The molecule has 1 saturated carbocycles. The van der Waals surface area contributed by atoms with Crippen molar-refractivity contribution in [3.05, 3.63) is 17.8 Å². The van der Waals surface area contributed by atoms with E-state index < -0.39 is 30.0 Å². The van der Waals surface area contributed by atoms with Crippen molar-refractivity contribution in [2.45, 2.75) is 52.0 Å². The number of halogens is 1. The zero-order valence-electron chi connectivity index (χ0n) is 19.9. The maximum absolute atomic E-state index is 13.6. The molecule has 0 aromatic carbocycles. The summed E-state index contributed by atoms with van der Waals surface area (Å²) in [7, 11) is 0. The van der Waals surface area contributed by atoms with Gasteiger partial charge in [0.2, 0.25) is 5.88 Å². The first kappa shape index (κ1) is 19.6. The molecule has 1 aromatic heterocycles. The van der Waals surface area contributed by atoms with Crippen molar-refractivity contribution in [3.63, 3.8) is 0 Å². The minimum absolute atomic E-state index is 0.105. The minimum Gasteiger partial charge on any atom is -0.476 e. The molecule has 8 heteroatoms. The van der Waals surface area contributed by atoms with Crippen LogP contribution in [0.5, 0.6) is 5.88 Å². The molecule has 3 rings (SSSR count). The van der Waals surface area contributed by atoms with Crippen molar-refractivity contribution >= 4 is 17.6 Å². The van der Waals surface area contributed by atoms with Crippen LogP contribution in [0.4, 0.5) is 10.1 Å². The lowest BCUT2D eigenvalue weighted by molar-refractivity contribution is -0.151. The second-order valence-corrected chi connectivity index (χ2v) is 7.95. The molecule has 0 spiro atoms. The van der Waals surface area contributed by atoms with E-state index in [2.05, 4.69) is 10.3 Å². The number of esters is 1. The van der Waals surface area contributed by atoms with Gasteiger partial charge in [-0.3, -0.25) is 9.18 Å². The van der Waals surface area contributed by atoms with E-state index >= 15 is 0 Å². The van der Waals surface area contributed by atoms with Crippen molar-refractivity contribution in [1.82, 2.24) is 10.3 Å². The highest BCUT2D eigenvalue weighted by Gasteiger charge is 2.39. The first-order chi connectivity index (χ1) is 15.1. The molecule has 0 bridgehead atoms. The predicted octanol–water partition coefficient (Wildman–Crippen LogP) is 3.13. The smallest absolute Gasteiger partial charge is 0.331 e. The number of carbonyl (C=O) groups excluding carboxylic acids is 2. The zero-order valence-corrected chi connectivity index (χ0v) is 17.9. The first-order valence-electron chi connectivity index (χ1n) is 11.7. The van der Waals surface area contributed by atoms with Gasteiger partial charge in [0.1, 0.15) is 11.2 Å². The number of pyridine rings is 1. The molecule has 0 radical (unpaired) electrons. The Morgan fingerprint density at radius 3 is 2.53 bits per heavy atom. The van der Waals surface area contributed by atoms with E-state index in [1.54, 1.807) is 17.9 Å². The molecule has 2 heterocycles. The Morgan fingerprint density at radius 1 is 1.27 bits per heavy atom. The van der Waals surface area contributed by atoms with Gasteiger partial charge in [-0.15, -0.1) is 0 Å². The molecule has 1 amide bonds. The van der Waals surface area contributed by atoms with Crippen LogP contribution in [-0.4, -0.2) is 55.3 Å². The van der Waals surface area contributed by atoms with Crippen LogP contribution < -0.4 is 15.0 Å². The summed E-state index contributed by atoms with van der Waals surface area (Å²) in [5, 5.41) is 2.79. The summed E-state index contributed by atoms with van der Waals surface area (Å²) < 4.78 is 39.1. The van der Waals surface area contributed by atoms with Crippen LogP contribution in [0.3, 0.4) is 0 Å². The second kappa shape index (κ2) is 9.62. The average Bonchev–Trinajstić information content (AvgIpc) is 3.53. The Bertz CT molecular complexity index is 835. The van der Waals surface area contributed by atoms with Gasteiger partial charge >= 0.3 is 5.97 Å². The van der Waals surface area contributed by atoms with E-state index in [1.165, 1.54) is 6.07 Å². The van der Waals surface area contributed by atoms with Crippen LogP contribution in [0.2, 0.25) is 0 Å². The van der Waals surface area contributed by atoms with Gasteiger partial charge in [0, 0.05) is 19.0 Å². The fraction of sp³-hybridized carbons (Fsp3) is 0.682. The van der Waals surface area contributed by atoms with Crippen LogP contribution in [0.1, 0.15) is 59.7 Å². The van der Waals surface area contributed by atoms with Gasteiger partial charge in [0.05, 0.1) is 28.3 Å². The molecule has 30 heavy (non-hydrogen) atoms. The maximum atomic E-state index is 13.6. The van der Waals surface area contributed by atoms with Crippen LogP contribution in [0, 0.1) is 11.8 Å². The van der Waals surface area contributed by atoms with Gasteiger partial charge in [0.25, 0.3) is 5.91 Å². The monoisotopic (exact) mass is 423 g/mol. The highest BCUT2D eigenvalue weighted by molar-refractivity contribution is 5.97. The second-order valence-electron chi connectivity index (χ2n) is 7.95. The first-order valence-corrected chi connectivity index (χ1v) is 10.7. The van der Waals surface area contributed by atoms with E-state index in [-0.39, 0.29) is 31.3 Å². The van der Waals surface area contributed by atoms with E-state index in [4.69, 9.17) is 12.2 Å². The summed E-state index contributed by atoms with van der Waals surface area (Å²) in [5.74, 6) is -0.987. The molecule has 1 N–H and O–H groups in total. The third-order valence-electron chi connectivity index (χ3n) is 5.83. The van der Waals surface area contributed by atoms with Crippen LogP contribution in [0.25, 0.3) is 0 Å². The number of carbonyl (C=O) groups is 2. The van der Waals surface area contributed by atoms with Gasteiger partial charge in [0.15, 0.2) is 0 Å². The lowest BCUT2D eigenvalue weighted by Crippen LogP contribution is -2.54. The lowest BCUT2D eigenvalue weighted by Gasteiger charge is -2.40. The average molecular weight is 424 g/mol. The molecule has 2 fully saturated rings. The number of anilines is 1. The Hall–Kier alpha value is -2.38. The van der Waals surface area contributed by atoms with E-state index in [0.717, 1.165) is 12.8 Å². The van der Waals surface area contributed by atoms with Crippen molar-refractivity contribution in [3.8, 4) is 5.88 Å². The number of aromatic nitrogens is 1. The molecular weight excluding hydrogens is 389 g/mol. The summed E-state index contributed by atoms with van der Waals surface area (Å²) in [6.07, 6.45) is 2.91. The Morgan fingerprint density at radius 2 is 1.97 bits per heavy atom. The summed E-state index contributed by atoms with van der Waals surface area (Å²) in [6.45, 7) is 3.70. The Kier molecular flexibility index (Phi) is 6.28. The van der Waals surface area contributed by atoms with Crippen LogP contribution >= 0.6 is 0 Å². The summed E-state index contributed by atoms with van der Waals surface area (Å²) >= 11 is 0. The number of rotatable bonds is 11. The van der Waals surface area contributed by atoms with Gasteiger partial charge in [-0.1, -0.05) is 13.8 Å². The molecule has 2 aliphatic rings. The maximum Gasteiger partial charge on any atom is 0.331 e. The molecule has 7 nitrogen and oxygen atoms in total. The highest BCUT2D eigenvalue weighted by Crippen LogP contribution is 2.35. The van der Waals surface area contributed by atoms with Crippen molar-refractivity contribution in [2.24, 2.45) is 11.8 Å². The van der Waals surface area contributed by atoms with Crippen molar-refractivity contribution in [2.75, 3.05) is 37.8 Å². The summed E-state index contributed by atoms with van der Waals surface area (Å²) in [6, 6.07) is 3.21. The number of nitrogens with zero attached hydrogens (tertiary/aromatic N) is 2. The number of amides is 1. The number of hydrogen-bond donors (Lipinski definition) is 1. The van der Waals surface area contributed by atoms with E-state index in [9.17, 15) is 14.0 Å². The molecule has 0 atom stereocenters. The van der Waals surface area contributed by atoms with Gasteiger partial charge in [-0.2, -0.15) is 0 Å². The Balaban J connectivity index is 1.79. The van der Waals surface area contributed by atoms with Crippen molar-refractivity contribution < 1.29 is 26.2 Å². The number of nitrogens with one attached hydrogen (secondary N) is 1. The van der Waals surface area contributed by atoms with Gasteiger partial charge in [-0.25, -0.2) is 9.78 Å². The fourth-order valence-corrected chi connectivity index (χ4v) is 3.45. The quantitative estimate of drug-likeness (QED) is 0.551. The fourth-order valence-electron chi connectivity index (χ4n) is 3.45. The summed E-state index contributed by atoms with van der Waals surface area (Å²) in [5.41, 5.74) is -0.432. The van der Waals surface area contributed by atoms with Crippen LogP contribution in [-0.2, 0) is 9.53 Å². The SMILES string of the molecule is [2H]C([2H])(F)C1CN(c2ccc(C(=O)NC(CC)(CC)C(=O)OCC)nc2OCC2CC2)C1. The topological polar surface area (TPSA) is 80.8 Å². The third kappa shape index (κ3) is 4.84. The normalized spacial score (nSPS) is 18.2. The summed E-state index contributed by atoms with van der Waals surface area (Å²) in [4.78, 5) is 31.7.